The number of carbonyl (C=O) groups is 2. The summed E-state index contributed by atoms with van der Waals surface area (Å²) in [6.07, 6.45) is -2.37. The second kappa shape index (κ2) is 10.2. The molecule has 33 heavy (non-hydrogen) atoms. The Balaban J connectivity index is 0.000000383. The number of alkyl halides is 3. The fraction of sp³-hybridized carbons (Fsp3) is 0.286. The van der Waals surface area contributed by atoms with Crippen molar-refractivity contribution in [3.8, 4) is 0 Å². The van der Waals surface area contributed by atoms with E-state index in [2.05, 4.69) is 37.5 Å². The standard InChI is InChI=1S/C19H20BrN5O.C2HF3O2/c20-14-3-1-2-12(8-14)18(21)19(26)25-7-6-16(11-25)23-15-4-5-17-13(9-15)10-22-24-17;3-2(4,5)1(6)7/h1-5,8-10,16,18,23H,6-7,11,21H2,(H,22,24);(H,6,7). The third-order valence-corrected chi connectivity index (χ3v) is 5.52. The molecule has 8 nitrogen and oxygen atoms in total. The number of nitrogens with two attached hydrogens (primary N) is 1. The summed E-state index contributed by atoms with van der Waals surface area (Å²) in [6, 6.07) is 13.3. The number of aromatic nitrogens is 2. The van der Waals surface area contributed by atoms with E-state index in [4.69, 9.17) is 15.6 Å². The minimum absolute atomic E-state index is 0.0299. The number of fused-ring (bicyclic) bond motifs is 1. The second-order valence-electron chi connectivity index (χ2n) is 7.42. The molecule has 2 aromatic carbocycles. The summed E-state index contributed by atoms with van der Waals surface area (Å²) in [4.78, 5) is 23.5. The van der Waals surface area contributed by atoms with E-state index in [0.29, 0.717) is 13.1 Å². The number of carboxylic acids is 1. The number of halogens is 4. The van der Waals surface area contributed by atoms with Crippen molar-refractivity contribution in [2.75, 3.05) is 18.4 Å². The SMILES string of the molecule is NC(C(=O)N1CCC(Nc2ccc3[nH]ncc3c2)C1)c1cccc(Br)c1.O=C(O)C(F)(F)F. The highest BCUT2D eigenvalue weighted by Gasteiger charge is 2.38. The number of anilines is 1. The summed E-state index contributed by atoms with van der Waals surface area (Å²) in [7, 11) is 0. The van der Waals surface area contributed by atoms with Crippen LogP contribution in [0.3, 0.4) is 0 Å². The number of aromatic amines is 1. The Bertz CT molecular complexity index is 1140. The number of likely N-dealkylation sites (tertiary alicyclic amines) is 1. The van der Waals surface area contributed by atoms with Gasteiger partial charge in [-0.1, -0.05) is 28.1 Å². The molecule has 4 rings (SSSR count). The molecule has 1 aliphatic heterocycles. The molecule has 5 N–H and O–H groups in total. The third kappa shape index (κ3) is 6.45. The molecule has 176 valence electrons. The molecule has 2 atom stereocenters. The van der Waals surface area contributed by atoms with Gasteiger partial charge in [-0.3, -0.25) is 9.89 Å². The van der Waals surface area contributed by atoms with E-state index < -0.39 is 18.2 Å². The topological polar surface area (TPSA) is 124 Å². The number of hydrogen-bond donors (Lipinski definition) is 4. The molecule has 1 fully saturated rings. The number of nitrogens with zero attached hydrogens (tertiary/aromatic N) is 2. The quantitative estimate of drug-likeness (QED) is 0.410. The van der Waals surface area contributed by atoms with Gasteiger partial charge in [-0.15, -0.1) is 0 Å². The first-order valence-corrected chi connectivity index (χ1v) is 10.6. The molecule has 0 radical (unpaired) electrons. The van der Waals surface area contributed by atoms with E-state index in [-0.39, 0.29) is 11.9 Å². The van der Waals surface area contributed by atoms with E-state index in [1.165, 1.54) is 0 Å². The zero-order valence-corrected chi connectivity index (χ0v) is 18.7. The molecule has 1 amide bonds. The Hall–Kier alpha value is -3.12. The fourth-order valence-corrected chi connectivity index (χ4v) is 3.80. The zero-order chi connectivity index (χ0) is 24.2. The maximum atomic E-state index is 12.7. The van der Waals surface area contributed by atoms with Crippen LogP contribution in [0.15, 0.2) is 53.1 Å². The summed E-state index contributed by atoms with van der Waals surface area (Å²) in [6.45, 7) is 1.37. The third-order valence-electron chi connectivity index (χ3n) is 5.03. The number of amides is 1. The summed E-state index contributed by atoms with van der Waals surface area (Å²) < 4.78 is 32.7. The molecule has 1 aliphatic rings. The van der Waals surface area contributed by atoms with Gasteiger partial charge in [-0.25, -0.2) is 4.79 Å². The highest BCUT2D eigenvalue weighted by molar-refractivity contribution is 9.10. The molecule has 1 aromatic heterocycles. The lowest BCUT2D eigenvalue weighted by Crippen LogP contribution is -2.38. The number of carboxylic acid groups (broad SMARTS) is 1. The Morgan fingerprint density at radius 2 is 2.00 bits per heavy atom. The van der Waals surface area contributed by atoms with Gasteiger partial charge in [0.05, 0.1) is 11.7 Å². The average Bonchev–Trinajstić information content (AvgIpc) is 3.41. The van der Waals surface area contributed by atoms with Crippen molar-refractivity contribution in [1.29, 1.82) is 0 Å². The van der Waals surface area contributed by atoms with Crippen LogP contribution in [0.2, 0.25) is 0 Å². The molecule has 0 spiro atoms. The number of nitrogens with one attached hydrogen (secondary N) is 2. The van der Waals surface area contributed by atoms with Gasteiger partial charge in [0.2, 0.25) is 5.91 Å². The molecule has 2 heterocycles. The number of carbonyl (C=O) groups excluding carboxylic acids is 1. The summed E-state index contributed by atoms with van der Waals surface area (Å²) >= 11 is 3.43. The van der Waals surface area contributed by atoms with Gasteiger partial charge >= 0.3 is 12.1 Å². The lowest BCUT2D eigenvalue weighted by atomic mass is 10.1. The van der Waals surface area contributed by atoms with E-state index in [0.717, 1.165) is 33.0 Å². The Labute approximate surface area is 195 Å². The van der Waals surface area contributed by atoms with Gasteiger partial charge in [0, 0.05) is 34.7 Å². The van der Waals surface area contributed by atoms with Crippen LogP contribution in [-0.2, 0) is 9.59 Å². The first kappa shape index (κ1) is 24.5. The highest BCUT2D eigenvalue weighted by Crippen LogP contribution is 2.23. The van der Waals surface area contributed by atoms with Crippen molar-refractivity contribution in [2.45, 2.75) is 24.7 Å². The summed E-state index contributed by atoms with van der Waals surface area (Å²) in [5, 5.41) is 18.7. The smallest absolute Gasteiger partial charge is 0.475 e. The van der Waals surface area contributed by atoms with E-state index >= 15 is 0 Å². The molecule has 2 unspecified atom stereocenters. The first-order valence-electron chi connectivity index (χ1n) is 9.84. The van der Waals surface area contributed by atoms with Crippen LogP contribution in [0, 0.1) is 0 Å². The van der Waals surface area contributed by atoms with Crippen LogP contribution >= 0.6 is 15.9 Å². The van der Waals surface area contributed by atoms with E-state index in [1.807, 2.05) is 47.5 Å². The fourth-order valence-electron chi connectivity index (χ4n) is 3.39. The maximum absolute atomic E-state index is 12.7. The van der Waals surface area contributed by atoms with Crippen molar-refractivity contribution in [1.82, 2.24) is 15.1 Å². The first-order chi connectivity index (χ1) is 15.5. The summed E-state index contributed by atoms with van der Waals surface area (Å²) in [5.74, 6) is -2.79. The maximum Gasteiger partial charge on any atom is 0.490 e. The largest absolute Gasteiger partial charge is 0.490 e. The minimum atomic E-state index is -5.08. The number of rotatable bonds is 4. The number of H-pyrrole nitrogens is 1. The Morgan fingerprint density at radius 3 is 2.67 bits per heavy atom. The van der Waals surface area contributed by atoms with Gasteiger partial charge < -0.3 is 21.1 Å². The van der Waals surface area contributed by atoms with Gasteiger partial charge in [0.15, 0.2) is 0 Å². The van der Waals surface area contributed by atoms with Crippen LogP contribution in [-0.4, -0.2) is 57.4 Å². The minimum Gasteiger partial charge on any atom is -0.475 e. The average molecular weight is 528 g/mol. The van der Waals surface area contributed by atoms with Gasteiger partial charge in [0.1, 0.15) is 6.04 Å². The predicted molar refractivity (Wildman–Crippen MR) is 119 cm³/mol. The van der Waals surface area contributed by atoms with Crippen LogP contribution < -0.4 is 11.1 Å². The molecule has 12 heteroatoms. The van der Waals surface area contributed by atoms with Crippen LogP contribution in [0.5, 0.6) is 0 Å². The Kier molecular flexibility index (Phi) is 7.59. The van der Waals surface area contributed by atoms with Crippen molar-refractivity contribution in [2.24, 2.45) is 5.73 Å². The number of hydrogen-bond acceptors (Lipinski definition) is 5. The Morgan fingerprint density at radius 1 is 1.27 bits per heavy atom. The number of aliphatic carboxylic acids is 1. The van der Waals surface area contributed by atoms with Gasteiger partial charge in [0.25, 0.3) is 0 Å². The second-order valence-corrected chi connectivity index (χ2v) is 8.34. The lowest BCUT2D eigenvalue weighted by molar-refractivity contribution is -0.192. The highest BCUT2D eigenvalue weighted by atomic mass is 79.9. The van der Waals surface area contributed by atoms with Crippen molar-refractivity contribution < 1.29 is 27.9 Å². The van der Waals surface area contributed by atoms with Gasteiger partial charge in [-0.05, 0) is 42.3 Å². The summed E-state index contributed by atoms with van der Waals surface area (Å²) in [5.41, 5.74) is 9.07. The molecule has 0 aliphatic carbocycles. The molecular weight excluding hydrogens is 507 g/mol. The van der Waals surface area contributed by atoms with Gasteiger partial charge in [-0.2, -0.15) is 18.3 Å². The number of benzene rings is 2. The van der Waals surface area contributed by atoms with Crippen LogP contribution in [0.1, 0.15) is 18.0 Å². The molecule has 0 bridgehead atoms. The molecule has 0 saturated carbocycles. The van der Waals surface area contributed by atoms with E-state index in [9.17, 15) is 18.0 Å². The van der Waals surface area contributed by atoms with Crippen molar-refractivity contribution in [3.05, 3.63) is 58.7 Å². The molecular formula is C21H21BrF3N5O3. The molecule has 3 aromatic rings. The monoisotopic (exact) mass is 527 g/mol. The van der Waals surface area contributed by atoms with E-state index in [1.54, 1.807) is 0 Å². The normalized spacial score (nSPS) is 16.8. The van der Waals surface area contributed by atoms with Crippen molar-refractivity contribution >= 4 is 44.4 Å². The van der Waals surface area contributed by atoms with Crippen molar-refractivity contribution in [3.63, 3.8) is 0 Å². The predicted octanol–water partition coefficient (Wildman–Crippen LogP) is 3.67. The van der Waals surface area contributed by atoms with Crippen LogP contribution in [0.4, 0.5) is 18.9 Å². The van der Waals surface area contributed by atoms with Crippen LogP contribution in [0.25, 0.3) is 10.9 Å². The lowest BCUT2D eigenvalue weighted by Gasteiger charge is -2.22. The zero-order valence-electron chi connectivity index (χ0n) is 17.1. The molecule has 1 saturated heterocycles.